The average molecular weight is 294 g/mol. The summed E-state index contributed by atoms with van der Waals surface area (Å²) < 4.78 is 5.78. The lowest BCUT2D eigenvalue weighted by Crippen LogP contribution is -2.22. The van der Waals surface area contributed by atoms with Gasteiger partial charge in [0.2, 0.25) is 5.89 Å². The molecule has 108 valence electrons. The van der Waals surface area contributed by atoms with Crippen LogP contribution in [0.5, 0.6) is 0 Å². The molecule has 0 aliphatic rings. The third kappa shape index (κ3) is 4.34. The van der Waals surface area contributed by atoms with Crippen molar-refractivity contribution in [2.24, 2.45) is 0 Å². The molecule has 0 fully saturated rings. The second kappa shape index (κ2) is 7.43. The van der Waals surface area contributed by atoms with Crippen molar-refractivity contribution in [2.45, 2.75) is 13.0 Å². The van der Waals surface area contributed by atoms with Crippen molar-refractivity contribution in [2.75, 3.05) is 27.2 Å². The smallest absolute Gasteiger partial charge is 0.209 e. The van der Waals surface area contributed by atoms with Crippen molar-refractivity contribution in [3.05, 3.63) is 41.4 Å². The van der Waals surface area contributed by atoms with E-state index < -0.39 is 0 Å². The van der Waals surface area contributed by atoms with Gasteiger partial charge in [-0.3, -0.25) is 4.90 Å². The monoisotopic (exact) mass is 293 g/mol. The van der Waals surface area contributed by atoms with E-state index in [9.17, 15) is 0 Å². The Morgan fingerprint density at radius 2 is 2.05 bits per heavy atom. The van der Waals surface area contributed by atoms with Gasteiger partial charge in [0.1, 0.15) is 0 Å². The summed E-state index contributed by atoms with van der Waals surface area (Å²) in [6, 6.07) is 7.57. The molecule has 5 heteroatoms. The van der Waals surface area contributed by atoms with E-state index >= 15 is 0 Å². The van der Waals surface area contributed by atoms with Gasteiger partial charge in [-0.2, -0.15) is 0 Å². The van der Waals surface area contributed by atoms with Crippen LogP contribution in [0.3, 0.4) is 0 Å². The summed E-state index contributed by atoms with van der Waals surface area (Å²) in [7, 11) is 4.04. The Hall–Kier alpha value is -1.36. The van der Waals surface area contributed by atoms with Crippen molar-refractivity contribution in [1.82, 2.24) is 15.2 Å². The van der Waals surface area contributed by atoms with Crippen LogP contribution >= 0.6 is 11.6 Å². The second-order valence-electron chi connectivity index (χ2n) is 4.82. The highest BCUT2D eigenvalue weighted by Crippen LogP contribution is 2.22. The van der Waals surface area contributed by atoms with Gasteiger partial charge in [0.05, 0.1) is 12.7 Å². The molecule has 2 aromatic rings. The van der Waals surface area contributed by atoms with Crippen molar-refractivity contribution in [1.29, 1.82) is 0 Å². The number of benzene rings is 1. The van der Waals surface area contributed by atoms with Gasteiger partial charge in [-0.1, -0.05) is 11.6 Å². The minimum absolute atomic E-state index is 0.720. The number of halogens is 1. The van der Waals surface area contributed by atoms with E-state index in [1.807, 2.05) is 31.3 Å². The van der Waals surface area contributed by atoms with Crippen LogP contribution < -0.4 is 5.32 Å². The number of hydrogen-bond acceptors (Lipinski definition) is 4. The standard InChI is InChI=1S/C15H20ClN3O/c1-17-8-3-9-19(2)11-15-18-10-14(20-15)12-4-6-13(16)7-5-12/h4-7,10,17H,3,8-9,11H2,1-2H3. The van der Waals surface area contributed by atoms with Gasteiger partial charge in [0.25, 0.3) is 0 Å². The molecule has 0 atom stereocenters. The molecule has 0 unspecified atom stereocenters. The van der Waals surface area contributed by atoms with Gasteiger partial charge in [-0.15, -0.1) is 0 Å². The fourth-order valence-electron chi connectivity index (χ4n) is 1.97. The van der Waals surface area contributed by atoms with E-state index in [1.165, 1.54) is 0 Å². The first-order chi connectivity index (χ1) is 9.69. The summed E-state index contributed by atoms with van der Waals surface area (Å²) in [6.45, 7) is 2.75. The van der Waals surface area contributed by atoms with Gasteiger partial charge in [-0.25, -0.2) is 4.98 Å². The zero-order chi connectivity index (χ0) is 14.4. The van der Waals surface area contributed by atoms with Crippen LogP contribution in [-0.4, -0.2) is 37.1 Å². The Bertz CT molecular complexity index is 524. The molecule has 20 heavy (non-hydrogen) atoms. The summed E-state index contributed by atoms with van der Waals surface area (Å²) >= 11 is 5.88. The lowest BCUT2D eigenvalue weighted by molar-refractivity contribution is 0.286. The van der Waals surface area contributed by atoms with Gasteiger partial charge >= 0.3 is 0 Å². The van der Waals surface area contributed by atoms with Crippen LogP contribution in [0.1, 0.15) is 12.3 Å². The lowest BCUT2D eigenvalue weighted by atomic mass is 10.2. The second-order valence-corrected chi connectivity index (χ2v) is 5.26. The molecule has 0 spiro atoms. The number of aromatic nitrogens is 1. The maximum atomic E-state index is 5.88. The maximum Gasteiger partial charge on any atom is 0.209 e. The van der Waals surface area contributed by atoms with E-state index in [-0.39, 0.29) is 0 Å². The number of hydrogen-bond donors (Lipinski definition) is 1. The topological polar surface area (TPSA) is 41.3 Å². The predicted molar refractivity (Wildman–Crippen MR) is 81.8 cm³/mol. The molecular formula is C15H20ClN3O. The Kier molecular flexibility index (Phi) is 5.59. The minimum Gasteiger partial charge on any atom is -0.439 e. The zero-order valence-corrected chi connectivity index (χ0v) is 12.7. The first-order valence-electron chi connectivity index (χ1n) is 6.73. The van der Waals surface area contributed by atoms with E-state index in [4.69, 9.17) is 16.0 Å². The molecule has 2 rings (SSSR count). The van der Waals surface area contributed by atoms with Gasteiger partial charge in [0.15, 0.2) is 5.76 Å². The van der Waals surface area contributed by atoms with E-state index in [0.29, 0.717) is 0 Å². The first kappa shape index (κ1) is 15.0. The van der Waals surface area contributed by atoms with Crippen LogP contribution in [0.25, 0.3) is 11.3 Å². The summed E-state index contributed by atoms with van der Waals surface area (Å²) in [5.74, 6) is 1.52. The van der Waals surface area contributed by atoms with Crippen LogP contribution in [0.2, 0.25) is 5.02 Å². The highest BCUT2D eigenvalue weighted by atomic mass is 35.5. The number of oxazole rings is 1. The molecule has 0 bridgehead atoms. The first-order valence-corrected chi connectivity index (χ1v) is 7.10. The SMILES string of the molecule is CNCCCN(C)Cc1ncc(-c2ccc(Cl)cc2)o1. The number of nitrogens with zero attached hydrogens (tertiary/aromatic N) is 2. The Morgan fingerprint density at radius 1 is 1.30 bits per heavy atom. The number of nitrogens with one attached hydrogen (secondary N) is 1. The van der Waals surface area contributed by atoms with Gasteiger partial charge < -0.3 is 9.73 Å². The summed E-state index contributed by atoms with van der Waals surface area (Å²) in [5, 5.41) is 3.86. The quantitative estimate of drug-likeness (QED) is 0.797. The number of rotatable bonds is 7. The predicted octanol–water partition coefficient (Wildman–Crippen LogP) is 3.04. The molecule has 1 N–H and O–H groups in total. The highest BCUT2D eigenvalue weighted by Gasteiger charge is 2.08. The maximum absolute atomic E-state index is 5.88. The Labute approximate surface area is 124 Å². The van der Waals surface area contributed by atoms with Crippen molar-refractivity contribution >= 4 is 11.6 Å². The van der Waals surface area contributed by atoms with Crippen molar-refractivity contribution in [3.63, 3.8) is 0 Å². The molecule has 4 nitrogen and oxygen atoms in total. The molecule has 0 radical (unpaired) electrons. The average Bonchev–Trinajstić information content (AvgIpc) is 2.88. The molecule has 1 heterocycles. The third-order valence-electron chi connectivity index (χ3n) is 3.05. The Morgan fingerprint density at radius 3 is 2.75 bits per heavy atom. The summed E-state index contributed by atoms with van der Waals surface area (Å²) in [5.41, 5.74) is 0.992. The summed E-state index contributed by atoms with van der Waals surface area (Å²) in [6.07, 6.45) is 2.87. The van der Waals surface area contributed by atoms with E-state index in [1.54, 1.807) is 6.20 Å². The van der Waals surface area contributed by atoms with Crippen LogP contribution in [0.15, 0.2) is 34.9 Å². The lowest BCUT2D eigenvalue weighted by Gasteiger charge is -2.13. The van der Waals surface area contributed by atoms with Crippen LogP contribution in [-0.2, 0) is 6.54 Å². The summed E-state index contributed by atoms with van der Waals surface area (Å²) in [4.78, 5) is 6.53. The van der Waals surface area contributed by atoms with E-state index in [2.05, 4.69) is 22.2 Å². The van der Waals surface area contributed by atoms with Gasteiger partial charge in [0, 0.05) is 10.6 Å². The minimum atomic E-state index is 0.720. The molecule has 0 saturated heterocycles. The molecular weight excluding hydrogens is 274 g/mol. The van der Waals surface area contributed by atoms with Crippen LogP contribution in [0, 0.1) is 0 Å². The fourth-order valence-corrected chi connectivity index (χ4v) is 2.09. The Balaban J connectivity index is 1.93. The molecule has 0 amide bonds. The molecule has 1 aromatic carbocycles. The fraction of sp³-hybridized carbons (Fsp3) is 0.400. The van der Waals surface area contributed by atoms with Crippen LogP contribution in [0.4, 0.5) is 0 Å². The van der Waals surface area contributed by atoms with Crippen molar-refractivity contribution in [3.8, 4) is 11.3 Å². The molecule has 0 saturated carbocycles. The normalized spacial score (nSPS) is 11.2. The zero-order valence-electron chi connectivity index (χ0n) is 11.9. The largest absolute Gasteiger partial charge is 0.439 e. The molecule has 0 aliphatic carbocycles. The molecule has 1 aromatic heterocycles. The highest BCUT2D eigenvalue weighted by molar-refractivity contribution is 6.30. The molecule has 0 aliphatic heterocycles. The third-order valence-corrected chi connectivity index (χ3v) is 3.31. The van der Waals surface area contributed by atoms with Gasteiger partial charge in [-0.05, 0) is 57.9 Å². The van der Waals surface area contributed by atoms with E-state index in [0.717, 1.165) is 48.3 Å². The van der Waals surface area contributed by atoms with Crippen molar-refractivity contribution < 1.29 is 4.42 Å².